The second-order valence-corrected chi connectivity index (χ2v) is 2.30. The molecule has 0 aromatic heterocycles. The highest BCUT2D eigenvalue weighted by atomic mass is 16.6. The number of hydrogen-bond acceptors (Lipinski definition) is 4. The lowest BCUT2D eigenvalue weighted by molar-refractivity contribution is -0.166. The predicted octanol–water partition coefficient (Wildman–Crippen LogP) is -0.132. The first-order valence-electron chi connectivity index (χ1n) is 3.61. The molecule has 2 N–H and O–H groups in total. The Balaban J connectivity index is 4.01. The summed E-state index contributed by atoms with van der Waals surface area (Å²) in [6, 6.07) is 0. The fraction of sp³-hybridized carbons (Fsp3) is 0.571. The molecule has 13 heavy (non-hydrogen) atoms. The number of rotatable bonds is 5. The van der Waals surface area contributed by atoms with Crippen molar-refractivity contribution >= 4 is 17.9 Å². The van der Waals surface area contributed by atoms with Crippen LogP contribution in [-0.4, -0.2) is 34.2 Å². The fourth-order valence-electron chi connectivity index (χ4n) is 0.632. The van der Waals surface area contributed by atoms with E-state index < -0.39 is 30.4 Å². The minimum atomic E-state index is -1.34. The molecule has 0 bridgehead atoms. The topological polar surface area (TPSA) is 101 Å². The molecule has 0 aliphatic heterocycles. The highest BCUT2D eigenvalue weighted by molar-refractivity contribution is 5.91. The molecule has 0 saturated carbocycles. The van der Waals surface area contributed by atoms with Gasteiger partial charge in [0.2, 0.25) is 0 Å². The van der Waals surface area contributed by atoms with Crippen LogP contribution in [0.3, 0.4) is 0 Å². The van der Waals surface area contributed by atoms with Crippen LogP contribution in [0.1, 0.15) is 19.8 Å². The number of carboxylic acids is 2. The van der Waals surface area contributed by atoms with E-state index in [9.17, 15) is 14.4 Å². The van der Waals surface area contributed by atoms with E-state index in [2.05, 4.69) is 4.74 Å². The summed E-state index contributed by atoms with van der Waals surface area (Å²) in [5.41, 5.74) is 0. The monoisotopic (exact) mass is 190 g/mol. The number of esters is 1. The van der Waals surface area contributed by atoms with Crippen molar-refractivity contribution in [2.75, 3.05) is 0 Å². The molecule has 0 spiro atoms. The Morgan fingerprint density at radius 3 is 2.15 bits per heavy atom. The maximum atomic E-state index is 10.7. The highest BCUT2D eigenvalue weighted by Gasteiger charge is 2.21. The molecule has 0 aromatic rings. The van der Waals surface area contributed by atoms with E-state index in [4.69, 9.17) is 10.2 Å². The van der Waals surface area contributed by atoms with E-state index in [0.717, 1.165) is 0 Å². The quantitative estimate of drug-likeness (QED) is 0.462. The Morgan fingerprint density at radius 1 is 1.31 bits per heavy atom. The van der Waals surface area contributed by atoms with Crippen LogP contribution in [0.5, 0.6) is 0 Å². The molecule has 6 nitrogen and oxygen atoms in total. The molecule has 0 aliphatic carbocycles. The van der Waals surface area contributed by atoms with Crippen molar-refractivity contribution in [3.05, 3.63) is 0 Å². The van der Waals surface area contributed by atoms with Crippen molar-refractivity contribution in [1.82, 2.24) is 0 Å². The standard InChI is InChI=1S/C7H10O6/c1-2-4(7(11)12)13-6(10)3-5(8)9/h4H,2-3H2,1H3,(H,8,9)(H,11,12). The summed E-state index contributed by atoms with van der Waals surface area (Å²) < 4.78 is 4.35. The highest BCUT2D eigenvalue weighted by Crippen LogP contribution is 2.00. The second-order valence-electron chi connectivity index (χ2n) is 2.30. The van der Waals surface area contributed by atoms with Gasteiger partial charge in [0.25, 0.3) is 0 Å². The Morgan fingerprint density at radius 2 is 1.85 bits per heavy atom. The number of aliphatic carboxylic acids is 2. The van der Waals surface area contributed by atoms with Gasteiger partial charge in [0, 0.05) is 0 Å². The molecule has 6 heteroatoms. The van der Waals surface area contributed by atoms with Crippen LogP contribution in [0, 0.1) is 0 Å². The van der Waals surface area contributed by atoms with E-state index >= 15 is 0 Å². The maximum Gasteiger partial charge on any atom is 0.345 e. The smallest absolute Gasteiger partial charge is 0.345 e. The van der Waals surface area contributed by atoms with Crippen LogP contribution in [0.15, 0.2) is 0 Å². The number of carbonyl (C=O) groups excluding carboxylic acids is 1. The molecule has 0 radical (unpaired) electrons. The van der Waals surface area contributed by atoms with Crippen LogP contribution >= 0.6 is 0 Å². The molecule has 0 rings (SSSR count). The number of hydrogen-bond donors (Lipinski definition) is 2. The lowest BCUT2D eigenvalue weighted by Gasteiger charge is -2.09. The van der Waals surface area contributed by atoms with Gasteiger partial charge in [0.15, 0.2) is 6.10 Å². The molecule has 0 amide bonds. The van der Waals surface area contributed by atoms with Gasteiger partial charge in [-0.05, 0) is 6.42 Å². The zero-order valence-corrected chi connectivity index (χ0v) is 7.02. The van der Waals surface area contributed by atoms with Crippen molar-refractivity contribution in [1.29, 1.82) is 0 Å². The van der Waals surface area contributed by atoms with E-state index in [-0.39, 0.29) is 6.42 Å². The van der Waals surface area contributed by atoms with Gasteiger partial charge in [-0.25, -0.2) is 4.79 Å². The van der Waals surface area contributed by atoms with Crippen LogP contribution in [0.2, 0.25) is 0 Å². The summed E-state index contributed by atoms with van der Waals surface area (Å²) in [6.07, 6.45) is -1.96. The second kappa shape index (κ2) is 5.13. The van der Waals surface area contributed by atoms with E-state index in [0.29, 0.717) is 0 Å². The summed E-state index contributed by atoms with van der Waals surface area (Å²) in [6.45, 7) is 1.52. The number of carboxylic acid groups (broad SMARTS) is 2. The first-order valence-corrected chi connectivity index (χ1v) is 3.61. The number of ether oxygens (including phenoxy) is 1. The molecule has 0 heterocycles. The van der Waals surface area contributed by atoms with Gasteiger partial charge >= 0.3 is 17.9 Å². The third-order valence-electron chi connectivity index (χ3n) is 1.22. The molecule has 0 fully saturated rings. The van der Waals surface area contributed by atoms with Gasteiger partial charge in [-0.3, -0.25) is 9.59 Å². The van der Waals surface area contributed by atoms with Gasteiger partial charge in [-0.1, -0.05) is 6.92 Å². The third kappa shape index (κ3) is 4.78. The molecule has 74 valence electrons. The SMILES string of the molecule is CCC(OC(=O)CC(=O)O)C(=O)O. The Kier molecular flexibility index (Phi) is 4.50. The Labute approximate surface area is 74.1 Å². The lowest BCUT2D eigenvalue weighted by Crippen LogP contribution is -2.27. The molecule has 1 atom stereocenters. The zero-order chi connectivity index (χ0) is 10.4. The molecular weight excluding hydrogens is 180 g/mol. The van der Waals surface area contributed by atoms with Crippen molar-refractivity contribution in [3.8, 4) is 0 Å². The van der Waals surface area contributed by atoms with Crippen molar-refractivity contribution in [3.63, 3.8) is 0 Å². The summed E-state index contributed by atoms with van der Waals surface area (Å²) in [7, 11) is 0. The minimum absolute atomic E-state index is 0.112. The first-order chi connectivity index (χ1) is 5.97. The van der Waals surface area contributed by atoms with Gasteiger partial charge < -0.3 is 14.9 Å². The van der Waals surface area contributed by atoms with Crippen LogP contribution in [0.4, 0.5) is 0 Å². The van der Waals surface area contributed by atoms with E-state index in [1.807, 2.05) is 0 Å². The van der Waals surface area contributed by atoms with Crippen LogP contribution in [-0.2, 0) is 19.1 Å². The zero-order valence-electron chi connectivity index (χ0n) is 7.02. The van der Waals surface area contributed by atoms with Crippen LogP contribution < -0.4 is 0 Å². The first kappa shape index (κ1) is 11.4. The predicted molar refractivity (Wildman–Crippen MR) is 40.1 cm³/mol. The van der Waals surface area contributed by atoms with E-state index in [1.54, 1.807) is 0 Å². The average Bonchev–Trinajstić information content (AvgIpc) is 1.98. The van der Waals surface area contributed by atoms with Gasteiger partial charge in [0.05, 0.1) is 0 Å². The summed E-state index contributed by atoms with van der Waals surface area (Å²) in [5.74, 6) is -3.66. The van der Waals surface area contributed by atoms with Crippen molar-refractivity contribution in [2.24, 2.45) is 0 Å². The summed E-state index contributed by atoms with van der Waals surface area (Å²) in [5, 5.41) is 16.6. The van der Waals surface area contributed by atoms with Gasteiger partial charge in [-0.15, -0.1) is 0 Å². The lowest BCUT2D eigenvalue weighted by atomic mass is 10.3. The van der Waals surface area contributed by atoms with Crippen LogP contribution in [0.25, 0.3) is 0 Å². The number of carbonyl (C=O) groups is 3. The normalized spacial score (nSPS) is 11.8. The van der Waals surface area contributed by atoms with E-state index in [1.165, 1.54) is 6.92 Å². The average molecular weight is 190 g/mol. The van der Waals surface area contributed by atoms with Crippen molar-refractivity contribution in [2.45, 2.75) is 25.9 Å². The summed E-state index contributed by atoms with van der Waals surface area (Å²) >= 11 is 0. The summed E-state index contributed by atoms with van der Waals surface area (Å²) in [4.78, 5) is 31.0. The minimum Gasteiger partial charge on any atom is -0.481 e. The molecule has 0 saturated heterocycles. The molecule has 0 aliphatic rings. The van der Waals surface area contributed by atoms with Gasteiger partial charge in [0.1, 0.15) is 6.42 Å². The Bertz CT molecular complexity index is 221. The molecular formula is C7H10O6. The van der Waals surface area contributed by atoms with Gasteiger partial charge in [-0.2, -0.15) is 0 Å². The largest absolute Gasteiger partial charge is 0.481 e. The molecule has 0 aromatic carbocycles. The maximum absolute atomic E-state index is 10.7. The fourth-order valence-corrected chi connectivity index (χ4v) is 0.632. The van der Waals surface area contributed by atoms with Crippen molar-refractivity contribution < 1.29 is 29.3 Å². The third-order valence-corrected chi connectivity index (χ3v) is 1.22. The Hall–Kier alpha value is -1.59. The molecule has 1 unspecified atom stereocenters.